The fourth-order valence-electron chi connectivity index (χ4n) is 3.74. The van der Waals surface area contributed by atoms with E-state index < -0.39 is 0 Å². The minimum atomic E-state index is 0.467. The first-order valence-corrected chi connectivity index (χ1v) is 7.31. The van der Waals surface area contributed by atoms with Crippen molar-refractivity contribution in [1.82, 2.24) is 4.90 Å². The predicted octanol–water partition coefficient (Wildman–Crippen LogP) is 1.72. The summed E-state index contributed by atoms with van der Waals surface area (Å²) in [4.78, 5) is 2.51. The van der Waals surface area contributed by atoms with Crippen LogP contribution in [0.1, 0.15) is 33.1 Å². The average molecular weight is 240 g/mol. The van der Waals surface area contributed by atoms with Gasteiger partial charge < -0.3 is 15.4 Å². The average Bonchev–Trinajstić information content (AvgIpc) is 2.91. The SMILES string of the molecule is CCOCCN(CC)CC1C2CCC(C2)C1N. The predicted molar refractivity (Wildman–Crippen MR) is 70.9 cm³/mol. The van der Waals surface area contributed by atoms with E-state index >= 15 is 0 Å². The Morgan fingerprint density at radius 3 is 2.59 bits per heavy atom. The molecule has 0 radical (unpaired) electrons. The Morgan fingerprint density at radius 1 is 1.24 bits per heavy atom. The summed E-state index contributed by atoms with van der Waals surface area (Å²) < 4.78 is 5.45. The molecule has 0 aromatic rings. The van der Waals surface area contributed by atoms with Crippen LogP contribution in [-0.4, -0.2) is 43.8 Å². The summed E-state index contributed by atoms with van der Waals surface area (Å²) in [5, 5.41) is 0. The van der Waals surface area contributed by atoms with E-state index in [0.717, 1.165) is 44.1 Å². The molecule has 2 bridgehead atoms. The van der Waals surface area contributed by atoms with Crippen LogP contribution in [0.2, 0.25) is 0 Å². The number of nitrogens with two attached hydrogens (primary N) is 1. The first-order chi connectivity index (χ1) is 8.26. The number of nitrogens with zero attached hydrogens (tertiary/aromatic N) is 1. The number of rotatable bonds is 7. The van der Waals surface area contributed by atoms with Gasteiger partial charge in [-0.3, -0.25) is 0 Å². The van der Waals surface area contributed by atoms with Crippen LogP contribution in [0.25, 0.3) is 0 Å². The number of hydrogen-bond donors (Lipinski definition) is 1. The van der Waals surface area contributed by atoms with Crippen molar-refractivity contribution in [3.63, 3.8) is 0 Å². The molecule has 100 valence electrons. The van der Waals surface area contributed by atoms with Crippen molar-refractivity contribution in [3.8, 4) is 0 Å². The van der Waals surface area contributed by atoms with Crippen molar-refractivity contribution >= 4 is 0 Å². The molecule has 4 unspecified atom stereocenters. The van der Waals surface area contributed by atoms with Gasteiger partial charge in [0.25, 0.3) is 0 Å². The molecular formula is C14H28N2O. The molecule has 2 aliphatic carbocycles. The molecule has 2 saturated carbocycles. The summed E-state index contributed by atoms with van der Waals surface area (Å²) in [6, 6.07) is 0.467. The third-order valence-electron chi connectivity index (χ3n) is 4.83. The van der Waals surface area contributed by atoms with Gasteiger partial charge in [-0.2, -0.15) is 0 Å². The van der Waals surface area contributed by atoms with Crippen molar-refractivity contribution in [3.05, 3.63) is 0 Å². The summed E-state index contributed by atoms with van der Waals surface area (Å²) in [6.45, 7) is 9.35. The van der Waals surface area contributed by atoms with Crippen LogP contribution in [0.4, 0.5) is 0 Å². The van der Waals surface area contributed by atoms with Crippen LogP contribution in [0.5, 0.6) is 0 Å². The lowest BCUT2D eigenvalue weighted by Gasteiger charge is -2.33. The van der Waals surface area contributed by atoms with Gasteiger partial charge in [-0.1, -0.05) is 6.92 Å². The Bertz CT molecular complexity index is 232. The highest BCUT2D eigenvalue weighted by atomic mass is 16.5. The molecule has 3 nitrogen and oxygen atoms in total. The number of hydrogen-bond acceptors (Lipinski definition) is 3. The summed E-state index contributed by atoms with van der Waals surface area (Å²) in [6.07, 6.45) is 4.20. The Morgan fingerprint density at radius 2 is 2.00 bits per heavy atom. The quantitative estimate of drug-likeness (QED) is 0.689. The molecule has 2 N–H and O–H groups in total. The lowest BCUT2D eigenvalue weighted by atomic mass is 9.84. The zero-order chi connectivity index (χ0) is 12.3. The van der Waals surface area contributed by atoms with Gasteiger partial charge in [-0.15, -0.1) is 0 Å². The minimum Gasteiger partial charge on any atom is -0.380 e. The van der Waals surface area contributed by atoms with Gasteiger partial charge in [-0.05, 0) is 50.5 Å². The van der Waals surface area contributed by atoms with Crippen LogP contribution in [0, 0.1) is 17.8 Å². The van der Waals surface area contributed by atoms with E-state index in [9.17, 15) is 0 Å². The topological polar surface area (TPSA) is 38.5 Å². The normalized spacial score (nSPS) is 36.0. The molecule has 3 heteroatoms. The smallest absolute Gasteiger partial charge is 0.0593 e. The van der Waals surface area contributed by atoms with Crippen molar-refractivity contribution in [2.45, 2.75) is 39.2 Å². The van der Waals surface area contributed by atoms with E-state index in [4.69, 9.17) is 10.5 Å². The highest BCUT2D eigenvalue weighted by Gasteiger charge is 2.45. The maximum absolute atomic E-state index is 6.36. The maximum Gasteiger partial charge on any atom is 0.0593 e. The summed E-state index contributed by atoms with van der Waals surface area (Å²) in [7, 11) is 0. The Hall–Kier alpha value is -0.120. The van der Waals surface area contributed by atoms with Gasteiger partial charge in [0.15, 0.2) is 0 Å². The molecule has 2 fully saturated rings. The largest absolute Gasteiger partial charge is 0.380 e. The zero-order valence-electron chi connectivity index (χ0n) is 11.4. The van der Waals surface area contributed by atoms with Crippen molar-refractivity contribution in [2.75, 3.05) is 32.8 Å². The van der Waals surface area contributed by atoms with E-state index in [0.29, 0.717) is 6.04 Å². The molecule has 17 heavy (non-hydrogen) atoms. The molecule has 0 amide bonds. The Labute approximate surface area is 106 Å². The second-order valence-electron chi connectivity index (χ2n) is 5.66. The zero-order valence-corrected chi connectivity index (χ0v) is 11.4. The molecule has 0 spiro atoms. The monoisotopic (exact) mass is 240 g/mol. The fourth-order valence-corrected chi connectivity index (χ4v) is 3.74. The highest BCUT2D eigenvalue weighted by Crippen LogP contribution is 2.47. The molecule has 0 saturated heterocycles. The molecule has 2 rings (SSSR count). The summed E-state index contributed by atoms with van der Waals surface area (Å²) in [5.74, 6) is 2.49. The second kappa shape index (κ2) is 6.17. The van der Waals surface area contributed by atoms with E-state index in [1.165, 1.54) is 25.8 Å². The Kier molecular flexibility index (Phi) is 4.83. The van der Waals surface area contributed by atoms with Crippen LogP contribution < -0.4 is 5.73 Å². The number of fused-ring (bicyclic) bond motifs is 2. The van der Waals surface area contributed by atoms with Gasteiger partial charge in [0.2, 0.25) is 0 Å². The molecular weight excluding hydrogens is 212 g/mol. The van der Waals surface area contributed by atoms with Gasteiger partial charge in [0.1, 0.15) is 0 Å². The van der Waals surface area contributed by atoms with Crippen molar-refractivity contribution in [1.29, 1.82) is 0 Å². The lowest BCUT2D eigenvalue weighted by Crippen LogP contribution is -2.43. The highest BCUT2D eigenvalue weighted by molar-refractivity contribution is 4.99. The van der Waals surface area contributed by atoms with Crippen LogP contribution in [0.3, 0.4) is 0 Å². The fraction of sp³-hybridized carbons (Fsp3) is 1.00. The molecule has 2 aliphatic rings. The second-order valence-corrected chi connectivity index (χ2v) is 5.66. The van der Waals surface area contributed by atoms with E-state index in [1.54, 1.807) is 0 Å². The number of likely N-dealkylation sites (N-methyl/N-ethyl adjacent to an activating group) is 1. The van der Waals surface area contributed by atoms with Gasteiger partial charge >= 0.3 is 0 Å². The Balaban J connectivity index is 1.78. The van der Waals surface area contributed by atoms with Crippen molar-refractivity contribution < 1.29 is 4.74 Å². The summed E-state index contributed by atoms with van der Waals surface area (Å²) >= 11 is 0. The van der Waals surface area contributed by atoms with E-state index in [-0.39, 0.29) is 0 Å². The molecule has 0 aromatic carbocycles. The molecule has 0 heterocycles. The van der Waals surface area contributed by atoms with Gasteiger partial charge in [0.05, 0.1) is 6.61 Å². The van der Waals surface area contributed by atoms with E-state index in [2.05, 4.69) is 18.7 Å². The maximum atomic E-state index is 6.36. The van der Waals surface area contributed by atoms with E-state index in [1.807, 2.05) is 0 Å². The first kappa shape index (κ1) is 13.3. The van der Waals surface area contributed by atoms with Crippen LogP contribution >= 0.6 is 0 Å². The first-order valence-electron chi connectivity index (χ1n) is 7.31. The van der Waals surface area contributed by atoms with Gasteiger partial charge in [-0.25, -0.2) is 0 Å². The summed E-state index contributed by atoms with van der Waals surface area (Å²) in [5.41, 5.74) is 6.36. The van der Waals surface area contributed by atoms with Gasteiger partial charge in [0, 0.05) is 25.7 Å². The third kappa shape index (κ3) is 3.01. The third-order valence-corrected chi connectivity index (χ3v) is 4.83. The molecule has 4 atom stereocenters. The molecule has 0 aliphatic heterocycles. The lowest BCUT2D eigenvalue weighted by molar-refractivity contribution is 0.0992. The minimum absolute atomic E-state index is 0.467. The van der Waals surface area contributed by atoms with Crippen molar-refractivity contribution in [2.24, 2.45) is 23.5 Å². The standard InChI is InChI=1S/C14H28N2O/c1-3-16(7-8-17-4-2)10-13-11-5-6-12(9-11)14(13)15/h11-14H,3-10,15H2,1-2H3. The number of ether oxygens (including phenoxy) is 1. The molecule has 0 aromatic heterocycles. The van der Waals surface area contributed by atoms with Crippen LogP contribution in [0.15, 0.2) is 0 Å². The van der Waals surface area contributed by atoms with Crippen LogP contribution in [-0.2, 0) is 4.74 Å².